The quantitative estimate of drug-likeness (QED) is 0.833. The van der Waals surface area contributed by atoms with Crippen molar-refractivity contribution >= 4 is 29.0 Å². The Morgan fingerprint density at radius 2 is 1.96 bits per heavy atom. The Hall–Kier alpha value is -2.76. The highest BCUT2D eigenvalue weighted by atomic mass is 16.5. The lowest BCUT2D eigenvalue weighted by Gasteiger charge is -2.22. The molecule has 0 bridgehead atoms. The Kier molecular flexibility index (Phi) is 6.01. The molecule has 0 atom stereocenters. The van der Waals surface area contributed by atoms with Crippen LogP contribution in [0.15, 0.2) is 36.5 Å². The third-order valence-corrected chi connectivity index (χ3v) is 3.80. The first-order valence-electron chi connectivity index (χ1n) is 8.01. The number of aromatic nitrogens is 1. The molecule has 6 nitrogen and oxygen atoms in total. The number of ether oxygens (including phenoxy) is 1. The van der Waals surface area contributed by atoms with Crippen molar-refractivity contribution < 1.29 is 9.53 Å². The van der Waals surface area contributed by atoms with Gasteiger partial charge in [0, 0.05) is 24.5 Å². The molecule has 2 rings (SSSR count). The first-order valence-corrected chi connectivity index (χ1v) is 8.01. The summed E-state index contributed by atoms with van der Waals surface area (Å²) in [5, 5.41) is 5.87. The normalized spacial score (nSPS) is 10.2. The van der Waals surface area contributed by atoms with E-state index in [9.17, 15) is 4.79 Å². The van der Waals surface area contributed by atoms with Crippen molar-refractivity contribution in [2.45, 2.75) is 20.8 Å². The number of hydrogen-bond donors (Lipinski definition) is 2. The molecule has 0 aliphatic carbocycles. The lowest BCUT2D eigenvalue weighted by atomic mass is 10.1. The molecule has 1 aromatic carbocycles. The molecule has 0 radical (unpaired) electrons. The minimum absolute atomic E-state index is 0.514. The summed E-state index contributed by atoms with van der Waals surface area (Å²) >= 11 is 0. The Morgan fingerprint density at radius 3 is 2.50 bits per heavy atom. The fraction of sp³-hybridized carbons (Fsp3) is 0.333. The van der Waals surface area contributed by atoms with Gasteiger partial charge in [0.15, 0.2) is 0 Å². The summed E-state index contributed by atoms with van der Waals surface area (Å²) in [5.74, 6) is 0.712. The van der Waals surface area contributed by atoms with Crippen LogP contribution in [0.3, 0.4) is 0 Å². The van der Waals surface area contributed by atoms with Crippen molar-refractivity contribution in [2.24, 2.45) is 0 Å². The lowest BCUT2D eigenvalue weighted by molar-refractivity contribution is 0.187. The number of carbonyl (C=O) groups excluding carboxylic acids is 1. The molecule has 0 saturated heterocycles. The predicted molar refractivity (Wildman–Crippen MR) is 98.3 cm³/mol. The number of rotatable bonds is 6. The van der Waals surface area contributed by atoms with E-state index in [-0.39, 0.29) is 0 Å². The molecule has 24 heavy (non-hydrogen) atoms. The van der Waals surface area contributed by atoms with Gasteiger partial charge in [0.2, 0.25) is 0 Å². The maximum Gasteiger partial charge on any atom is 0.411 e. The number of nitrogens with zero attached hydrogens (tertiary/aromatic N) is 2. The highest BCUT2D eigenvalue weighted by Crippen LogP contribution is 2.25. The van der Waals surface area contributed by atoms with Crippen LogP contribution in [0.1, 0.15) is 19.4 Å². The summed E-state index contributed by atoms with van der Waals surface area (Å²) in [7, 11) is 1.32. The molecule has 0 unspecified atom stereocenters. The first kappa shape index (κ1) is 17.6. The van der Waals surface area contributed by atoms with Crippen molar-refractivity contribution in [3.63, 3.8) is 0 Å². The van der Waals surface area contributed by atoms with Crippen molar-refractivity contribution in [3.8, 4) is 0 Å². The Labute approximate surface area is 142 Å². The van der Waals surface area contributed by atoms with Gasteiger partial charge in [-0.3, -0.25) is 5.32 Å². The van der Waals surface area contributed by atoms with E-state index in [0.29, 0.717) is 11.5 Å². The summed E-state index contributed by atoms with van der Waals surface area (Å²) in [5.41, 5.74) is 3.96. The zero-order chi connectivity index (χ0) is 17.5. The molecule has 128 valence electrons. The number of nitrogens with one attached hydrogen (secondary N) is 2. The smallest absolute Gasteiger partial charge is 0.411 e. The van der Waals surface area contributed by atoms with E-state index in [2.05, 4.69) is 64.2 Å². The Bertz CT molecular complexity index is 682. The van der Waals surface area contributed by atoms with E-state index in [0.717, 1.165) is 24.3 Å². The summed E-state index contributed by atoms with van der Waals surface area (Å²) in [4.78, 5) is 17.8. The summed E-state index contributed by atoms with van der Waals surface area (Å²) < 4.78 is 4.55. The molecule has 1 aromatic heterocycles. The third kappa shape index (κ3) is 4.38. The molecular formula is C18H24N4O2. The van der Waals surface area contributed by atoms with Gasteiger partial charge < -0.3 is 15.0 Å². The average Bonchev–Trinajstić information content (AvgIpc) is 2.59. The number of hydrogen-bond acceptors (Lipinski definition) is 5. The first-order chi connectivity index (χ1) is 11.6. The largest absolute Gasteiger partial charge is 0.453 e. The van der Waals surface area contributed by atoms with Gasteiger partial charge in [0.05, 0.1) is 19.0 Å². The van der Waals surface area contributed by atoms with Crippen LogP contribution in [-0.4, -0.2) is 31.3 Å². The van der Waals surface area contributed by atoms with Crippen LogP contribution in [0, 0.1) is 6.92 Å². The molecule has 0 spiro atoms. The number of methoxy groups -OCH3 is 1. The van der Waals surface area contributed by atoms with Crippen molar-refractivity contribution in [1.82, 2.24) is 4.98 Å². The minimum Gasteiger partial charge on any atom is -0.453 e. The molecule has 1 heterocycles. The molecule has 0 saturated carbocycles. The zero-order valence-corrected chi connectivity index (χ0v) is 14.6. The molecule has 0 fully saturated rings. The number of pyridine rings is 1. The van der Waals surface area contributed by atoms with E-state index in [1.54, 1.807) is 12.3 Å². The second-order valence-electron chi connectivity index (χ2n) is 5.35. The number of benzene rings is 1. The van der Waals surface area contributed by atoms with Gasteiger partial charge >= 0.3 is 6.09 Å². The summed E-state index contributed by atoms with van der Waals surface area (Å²) in [6, 6.07) is 9.91. The van der Waals surface area contributed by atoms with Crippen LogP contribution in [0.2, 0.25) is 0 Å². The lowest BCUT2D eigenvalue weighted by Crippen LogP contribution is -2.21. The van der Waals surface area contributed by atoms with E-state index in [4.69, 9.17) is 0 Å². The number of amides is 1. The van der Waals surface area contributed by atoms with Gasteiger partial charge in [0.1, 0.15) is 5.82 Å². The maximum absolute atomic E-state index is 11.2. The molecule has 0 aliphatic heterocycles. The minimum atomic E-state index is -0.514. The van der Waals surface area contributed by atoms with Crippen LogP contribution in [-0.2, 0) is 4.74 Å². The van der Waals surface area contributed by atoms with Crippen molar-refractivity contribution in [1.29, 1.82) is 0 Å². The molecule has 2 N–H and O–H groups in total. The van der Waals surface area contributed by atoms with E-state index in [1.165, 1.54) is 12.8 Å². The van der Waals surface area contributed by atoms with Gasteiger partial charge in [-0.15, -0.1) is 0 Å². The number of anilines is 4. The number of aryl methyl sites for hydroxylation is 1. The topological polar surface area (TPSA) is 66.5 Å². The molecule has 0 aliphatic rings. The fourth-order valence-corrected chi connectivity index (χ4v) is 2.42. The Morgan fingerprint density at radius 1 is 1.21 bits per heavy atom. The summed E-state index contributed by atoms with van der Waals surface area (Å²) in [6.07, 6.45) is 1.07. The van der Waals surface area contributed by atoms with Crippen LogP contribution >= 0.6 is 0 Å². The summed E-state index contributed by atoms with van der Waals surface area (Å²) in [6.45, 7) is 8.35. The third-order valence-electron chi connectivity index (χ3n) is 3.80. The van der Waals surface area contributed by atoms with E-state index in [1.807, 2.05) is 6.07 Å². The average molecular weight is 328 g/mol. The predicted octanol–water partition coefficient (Wildman–Crippen LogP) is 4.16. The molecule has 2 aromatic rings. The molecule has 1 amide bonds. The van der Waals surface area contributed by atoms with Crippen molar-refractivity contribution in [2.75, 3.05) is 35.7 Å². The number of carbonyl (C=O) groups is 1. The second kappa shape index (κ2) is 8.19. The fourth-order valence-electron chi connectivity index (χ4n) is 2.42. The Balaban J connectivity index is 2.09. The standard InChI is InChI=1S/C18H24N4O2/c1-5-22(6-2)15-8-9-16(13(3)11-15)21-17-10-7-14(12-19-17)20-18(23)24-4/h7-12H,5-6H2,1-4H3,(H,19,21)(H,20,23). The van der Waals surface area contributed by atoms with E-state index >= 15 is 0 Å². The SMILES string of the molecule is CCN(CC)c1ccc(Nc2ccc(NC(=O)OC)cn2)c(C)c1. The molecular weight excluding hydrogens is 304 g/mol. The van der Waals surface area contributed by atoms with Crippen LogP contribution in [0.4, 0.5) is 27.7 Å². The maximum atomic E-state index is 11.2. The van der Waals surface area contributed by atoms with Crippen LogP contribution in [0.5, 0.6) is 0 Å². The van der Waals surface area contributed by atoms with Gasteiger partial charge in [-0.05, 0) is 56.7 Å². The van der Waals surface area contributed by atoms with Crippen LogP contribution in [0.25, 0.3) is 0 Å². The van der Waals surface area contributed by atoms with Gasteiger partial charge in [0.25, 0.3) is 0 Å². The second-order valence-corrected chi connectivity index (χ2v) is 5.35. The highest BCUT2D eigenvalue weighted by Gasteiger charge is 2.06. The van der Waals surface area contributed by atoms with Gasteiger partial charge in [-0.1, -0.05) is 0 Å². The van der Waals surface area contributed by atoms with Gasteiger partial charge in [-0.25, -0.2) is 9.78 Å². The zero-order valence-electron chi connectivity index (χ0n) is 14.6. The van der Waals surface area contributed by atoms with Crippen LogP contribution < -0.4 is 15.5 Å². The van der Waals surface area contributed by atoms with E-state index < -0.39 is 6.09 Å². The monoisotopic (exact) mass is 328 g/mol. The van der Waals surface area contributed by atoms with Gasteiger partial charge in [-0.2, -0.15) is 0 Å². The molecule has 6 heteroatoms. The van der Waals surface area contributed by atoms with Crippen molar-refractivity contribution in [3.05, 3.63) is 42.1 Å². The highest BCUT2D eigenvalue weighted by molar-refractivity contribution is 5.84.